The minimum Gasteiger partial charge on any atom is -0.382 e. The predicted molar refractivity (Wildman–Crippen MR) is 163 cm³/mol. The number of alkyl halides is 3. The molecule has 3 heterocycles. The second-order valence-electron chi connectivity index (χ2n) is 11.3. The van der Waals surface area contributed by atoms with Gasteiger partial charge in [0.25, 0.3) is 0 Å². The molecule has 0 unspecified atom stereocenters. The highest BCUT2D eigenvalue weighted by Crippen LogP contribution is 2.32. The van der Waals surface area contributed by atoms with Crippen molar-refractivity contribution in [2.75, 3.05) is 48.0 Å². The highest BCUT2D eigenvalue weighted by atomic mass is 32.2. The SMILES string of the molecule is CS(=O)(=O)c1ccc(NCC#Cc2cc3c(NC4CCN(C5CCS(=O)(=O)CC5)CC4)cccc3n2CC(F)(F)F)cc1. The van der Waals surface area contributed by atoms with E-state index in [-0.39, 0.29) is 40.7 Å². The molecule has 232 valence electrons. The highest BCUT2D eigenvalue weighted by Gasteiger charge is 2.32. The van der Waals surface area contributed by atoms with Crippen LogP contribution in [0.15, 0.2) is 53.4 Å². The molecular weight excluding hydrogens is 601 g/mol. The third kappa shape index (κ3) is 8.04. The summed E-state index contributed by atoms with van der Waals surface area (Å²) in [6, 6.07) is 13.6. The molecule has 0 atom stereocenters. The van der Waals surface area contributed by atoms with Gasteiger partial charge in [-0.15, -0.1) is 0 Å². The Balaban J connectivity index is 1.28. The zero-order valence-corrected chi connectivity index (χ0v) is 25.5. The number of nitrogens with zero attached hydrogens (tertiary/aromatic N) is 2. The van der Waals surface area contributed by atoms with Crippen molar-refractivity contribution in [3.05, 3.63) is 54.2 Å². The second kappa shape index (κ2) is 12.4. The third-order valence-electron chi connectivity index (χ3n) is 8.09. The number of nitrogens with one attached hydrogen (secondary N) is 2. The number of anilines is 2. The molecule has 0 saturated carbocycles. The molecule has 0 spiro atoms. The van der Waals surface area contributed by atoms with Crippen LogP contribution in [0.2, 0.25) is 0 Å². The number of halogens is 3. The van der Waals surface area contributed by atoms with Crippen LogP contribution < -0.4 is 10.6 Å². The summed E-state index contributed by atoms with van der Waals surface area (Å²) in [4.78, 5) is 2.56. The van der Waals surface area contributed by atoms with E-state index in [9.17, 15) is 30.0 Å². The van der Waals surface area contributed by atoms with E-state index in [2.05, 4.69) is 27.4 Å². The molecule has 43 heavy (non-hydrogen) atoms. The first-order chi connectivity index (χ1) is 20.3. The van der Waals surface area contributed by atoms with Crippen molar-refractivity contribution in [3.63, 3.8) is 0 Å². The van der Waals surface area contributed by atoms with Crippen molar-refractivity contribution in [1.82, 2.24) is 9.47 Å². The molecule has 2 saturated heterocycles. The van der Waals surface area contributed by atoms with Crippen molar-refractivity contribution >= 4 is 42.0 Å². The van der Waals surface area contributed by atoms with Gasteiger partial charge in [-0.05, 0) is 74.1 Å². The van der Waals surface area contributed by atoms with E-state index in [0.717, 1.165) is 37.9 Å². The van der Waals surface area contributed by atoms with E-state index in [0.29, 0.717) is 29.4 Å². The fraction of sp³-hybridized carbons (Fsp3) is 0.467. The van der Waals surface area contributed by atoms with Gasteiger partial charge >= 0.3 is 6.18 Å². The molecule has 5 rings (SSSR count). The number of hydrogen-bond acceptors (Lipinski definition) is 7. The number of sulfone groups is 2. The summed E-state index contributed by atoms with van der Waals surface area (Å²) in [7, 11) is -6.22. The Hall–Kier alpha value is -3.21. The van der Waals surface area contributed by atoms with Crippen LogP contribution in [0, 0.1) is 11.8 Å². The summed E-state index contributed by atoms with van der Waals surface area (Å²) in [5, 5.41) is 7.26. The third-order valence-corrected chi connectivity index (χ3v) is 10.9. The smallest absolute Gasteiger partial charge is 0.382 e. The first-order valence-corrected chi connectivity index (χ1v) is 17.9. The molecule has 3 aromatic rings. The van der Waals surface area contributed by atoms with Crippen molar-refractivity contribution in [2.45, 2.75) is 55.4 Å². The Labute approximate surface area is 250 Å². The Morgan fingerprint density at radius 1 is 1.00 bits per heavy atom. The molecule has 13 heteroatoms. The van der Waals surface area contributed by atoms with Gasteiger partial charge in [0.1, 0.15) is 16.4 Å². The maximum absolute atomic E-state index is 13.6. The fourth-order valence-electron chi connectivity index (χ4n) is 5.84. The van der Waals surface area contributed by atoms with Gasteiger partial charge in [-0.25, -0.2) is 16.8 Å². The van der Waals surface area contributed by atoms with Crippen LogP contribution in [-0.4, -0.2) is 82.0 Å². The van der Waals surface area contributed by atoms with Crippen molar-refractivity contribution < 1.29 is 30.0 Å². The van der Waals surface area contributed by atoms with Gasteiger partial charge in [-0.2, -0.15) is 13.2 Å². The molecule has 0 bridgehead atoms. The van der Waals surface area contributed by atoms with Crippen LogP contribution in [-0.2, 0) is 26.2 Å². The fourth-order valence-corrected chi connectivity index (χ4v) is 7.93. The molecular formula is C30H35F3N4O4S2. The molecule has 0 amide bonds. The topological polar surface area (TPSA) is 101 Å². The first-order valence-electron chi connectivity index (χ1n) is 14.2. The molecule has 0 aliphatic carbocycles. The molecule has 2 fully saturated rings. The van der Waals surface area contributed by atoms with Gasteiger partial charge < -0.3 is 20.1 Å². The Morgan fingerprint density at radius 2 is 1.67 bits per heavy atom. The van der Waals surface area contributed by atoms with Crippen molar-refractivity contribution in [1.29, 1.82) is 0 Å². The normalized spacial score (nSPS) is 18.7. The Bertz CT molecular complexity index is 1720. The van der Waals surface area contributed by atoms with Gasteiger partial charge in [0, 0.05) is 48.2 Å². The summed E-state index contributed by atoms with van der Waals surface area (Å²) in [5.74, 6) is 6.27. The summed E-state index contributed by atoms with van der Waals surface area (Å²) in [5.41, 5.74) is 2.09. The second-order valence-corrected chi connectivity index (χ2v) is 15.6. The molecule has 2 N–H and O–H groups in total. The largest absolute Gasteiger partial charge is 0.406 e. The van der Waals surface area contributed by atoms with E-state index in [1.165, 1.54) is 16.7 Å². The average molecular weight is 637 g/mol. The van der Waals surface area contributed by atoms with Gasteiger partial charge in [-0.3, -0.25) is 0 Å². The van der Waals surface area contributed by atoms with Crippen LogP contribution >= 0.6 is 0 Å². The first kappa shape index (κ1) is 31.2. The average Bonchev–Trinajstić information content (AvgIpc) is 3.28. The summed E-state index contributed by atoms with van der Waals surface area (Å²) in [6.45, 7) is 0.671. The van der Waals surface area contributed by atoms with Gasteiger partial charge in [0.15, 0.2) is 9.84 Å². The standard InChI is InChI=1S/C30H35F3N4O4S2/c1-42(38,39)26-9-7-22(8-10-26)34-15-3-4-25-20-27-28(5-2-6-29(27)37(25)21-30(31,32)33)35-23-11-16-36(17-12-23)24-13-18-43(40,41)19-14-24/h2,5-10,20,23-24,34-35H,11-19,21H2,1H3. The van der Waals surface area contributed by atoms with Crippen LogP contribution in [0.1, 0.15) is 31.4 Å². The number of rotatable bonds is 7. The molecule has 2 aromatic carbocycles. The number of benzene rings is 2. The minimum atomic E-state index is -4.43. The number of fused-ring (bicyclic) bond motifs is 1. The monoisotopic (exact) mass is 636 g/mol. The Kier molecular flexibility index (Phi) is 9.02. The van der Waals surface area contributed by atoms with E-state index < -0.39 is 32.4 Å². The Morgan fingerprint density at radius 3 is 2.30 bits per heavy atom. The maximum atomic E-state index is 13.6. The number of piperidine rings is 1. The zero-order chi connectivity index (χ0) is 30.8. The molecule has 2 aliphatic heterocycles. The quantitative estimate of drug-likeness (QED) is 0.368. The van der Waals surface area contributed by atoms with Gasteiger partial charge in [-0.1, -0.05) is 12.0 Å². The number of aromatic nitrogens is 1. The van der Waals surface area contributed by atoms with Crippen LogP contribution in [0.5, 0.6) is 0 Å². The zero-order valence-electron chi connectivity index (χ0n) is 23.8. The van der Waals surface area contributed by atoms with Gasteiger partial charge in [0.05, 0.1) is 34.2 Å². The van der Waals surface area contributed by atoms with Crippen LogP contribution in [0.3, 0.4) is 0 Å². The van der Waals surface area contributed by atoms with Crippen LogP contribution in [0.4, 0.5) is 24.5 Å². The van der Waals surface area contributed by atoms with E-state index >= 15 is 0 Å². The molecule has 8 nitrogen and oxygen atoms in total. The number of likely N-dealkylation sites (tertiary alicyclic amines) is 1. The van der Waals surface area contributed by atoms with E-state index in [1.54, 1.807) is 30.3 Å². The lowest BCUT2D eigenvalue weighted by molar-refractivity contribution is -0.140. The molecule has 1 aromatic heterocycles. The molecule has 2 aliphatic rings. The summed E-state index contributed by atoms with van der Waals surface area (Å²) in [6.07, 6.45) is -0.266. The lowest BCUT2D eigenvalue weighted by Crippen LogP contribution is -2.47. The van der Waals surface area contributed by atoms with E-state index in [1.807, 2.05) is 6.07 Å². The van der Waals surface area contributed by atoms with Crippen LogP contribution in [0.25, 0.3) is 10.9 Å². The van der Waals surface area contributed by atoms with Crippen molar-refractivity contribution in [3.8, 4) is 11.8 Å². The lowest BCUT2D eigenvalue weighted by atomic mass is 10.00. The van der Waals surface area contributed by atoms with E-state index in [4.69, 9.17) is 0 Å². The lowest BCUT2D eigenvalue weighted by Gasteiger charge is -2.39. The summed E-state index contributed by atoms with van der Waals surface area (Å²) < 4.78 is 88.8. The van der Waals surface area contributed by atoms with Gasteiger partial charge in [0.2, 0.25) is 0 Å². The summed E-state index contributed by atoms with van der Waals surface area (Å²) >= 11 is 0. The number of hydrogen-bond donors (Lipinski definition) is 2. The molecule has 0 radical (unpaired) electrons. The highest BCUT2D eigenvalue weighted by molar-refractivity contribution is 7.91. The minimum absolute atomic E-state index is 0.146. The maximum Gasteiger partial charge on any atom is 0.406 e. The predicted octanol–water partition coefficient (Wildman–Crippen LogP) is 4.52. The van der Waals surface area contributed by atoms with Crippen molar-refractivity contribution in [2.24, 2.45) is 0 Å².